The minimum Gasteiger partial charge on any atom is -0.481 e. The number of pyridine rings is 1. The number of aryl methyl sites for hydroxylation is 1. The fourth-order valence-electron chi connectivity index (χ4n) is 1.72. The second kappa shape index (κ2) is 3.92. The molecule has 0 aliphatic carbocycles. The second-order valence-electron chi connectivity index (χ2n) is 3.67. The van der Waals surface area contributed by atoms with Crippen molar-refractivity contribution < 1.29 is 9.90 Å². The molecular formula is C11H13N3O2. The number of carbonyl (C=O) groups is 1. The molecule has 0 saturated heterocycles. The molecule has 5 heteroatoms. The van der Waals surface area contributed by atoms with Crippen LogP contribution in [0.2, 0.25) is 0 Å². The summed E-state index contributed by atoms with van der Waals surface area (Å²) in [6.07, 6.45) is 0.727. The van der Waals surface area contributed by atoms with E-state index in [9.17, 15) is 4.79 Å². The molecule has 1 N–H and O–H groups in total. The van der Waals surface area contributed by atoms with Crippen molar-refractivity contribution in [3.8, 4) is 0 Å². The molecule has 0 radical (unpaired) electrons. The molecule has 1 unspecified atom stereocenters. The zero-order chi connectivity index (χ0) is 11.7. The standard InChI is InChI=1S/C11H13N3O2/c1-3-9-12-13-10-6-4-5-8(14(9)10)7(2)11(15)16/h4-7H,3H2,1-2H3,(H,15,16). The first-order valence-corrected chi connectivity index (χ1v) is 5.21. The third-order valence-electron chi connectivity index (χ3n) is 2.66. The third kappa shape index (κ3) is 1.54. The Morgan fingerprint density at radius 3 is 2.88 bits per heavy atom. The first kappa shape index (κ1) is 10.6. The molecule has 84 valence electrons. The smallest absolute Gasteiger partial charge is 0.312 e. The van der Waals surface area contributed by atoms with E-state index in [0.717, 1.165) is 12.2 Å². The molecule has 0 fully saturated rings. The number of hydrogen-bond donors (Lipinski definition) is 1. The number of carboxylic acids is 1. The van der Waals surface area contributed by atoms with Crippen molar-refractivity contribution in [3.05, 3.63) is 29.7 Å². The van der Waals surface area contributed by atoms with Gasteiger partial charge in [0.05, 0.1) is 5.92 Å². The molecule has 0 aliphatic rings. The second-order valence-corrected chi connectivity index (χ2v) is 3.67. The van der Waals surface area contributed by atoms with Crippen molar-refractivity contribution in [1.29, 1.82) is 0 Å². The maximum absolute atomic E-state index is 11.0. The fourth-order valence-corrected chi connectivity index (χ4v) is 1.72. The summed E-state index contributed by atoms with van der Waals surface area (Å²) in [4.78, 5) is 11.0. The Bertz CT molecular complexity index is 533. The lowest BCUT2D eigenvalue weighted by Gasteiger charge is -2.10. The van der Waals surface area contributed by atoms with Crippen LogP contribution in [0.3, 0.4) is 0 Å². The molecule has 0 aromatic carbocycles. The van der Waals surface area contributed by atoms with E-state index in [1.807, 2.05) is 17.4 Å². The SMILES string of the molecule is CCc1nnc2cccc(C(C)C(=O)O)n12. The molecular weight excluding hydrogens is 206 g/mol. The number of nitrogens with zero attached hydrogens (tertiary/aromatic N) is 3. The van der Waals surface area contributed by atoms with Crippen LogP contribution in [-0.2, 0) is 11.2 Å². The van der Waals surface area contributed by atoms with Gasteiger partial charge in [0.25, 0.3) is 0 Å². The number of hydrogen-bond acceptors (Lipinski definition) is 3. The molecule has 2 rings (SSSR count). The minimum absolute atomic E-state index is 0.565. The highest BCUT2D eigenvalue weighted by Gasteiger charge is 2.18. The molecule has 2 aromatic heterocycles. The zero-order valence-electron chi connectivity index (χ0n) is 9.21. The van der Waals surface area contributed by atoms with E-state index in [4.69, 9.17) is 5.11 Å². The van der Waals surface area contributed by atoms with Gasteiger partial charge in [-0.05, 0) is 19.1 Å². The summed E-state index contributed by atoms with van der Waals surface area (Å²) in [6.45, 7) is 3.63. The number of rotatable bonds is 3. The van der Waals surface area contributed by atoms with Gasteiger partial charge >= 0.3 is 5.97 Å². The quantitative estimate of drug-likeness (QED) is 0.849. The van der Waals surface area contributed by atoms with Crippen LogP contribution >= 0.6 is 0 Å². The van der Waals surface area contributed by atoms with Gasteiger partial charge in [0.2, 0.25) is 0 Å². The molecule has 0 saturated carbocycles. The molecule has 0 bridgehead atoms. The molecule has 16 heavy (non-hydrogen) atoms. The molecule has 0 aliphatic heterocycles. The van der Waals surface area contributed by atoms with Crippen LogP contribution in [0.5, 0.6) is 0 Å². The topological polar surface area (TPSA) is 67.5 Å². The summed E-state index contributed by atoms with van der Waals surface area (Å²) in [7, 11) is 0. The Morgan fingerprint density at radius 2 is 2.25 bits per heavy atom. The summed E-state index contributed by atoms with van der Waals surface area (Å²) in [6, 6.07) is 5.43. The third-order valence-corrected chi connectivity index (χ3v) is 2.66. The lowest BCUT2D eigenvalue weighted by Crippen LogP contribution is -2.12. The minimum atomic E-state index is -0.844. The number of fused-ring (bicyclic) bond motifs is 1. The average molecular weight is 219 g/mol. The first-order valence-electron chi connectivity index (χ1n) is 5.21. The Morgan fingerprint density at radius 1 is 1.50 bits per heavy atom. The van der Waals surface area contributed by atoms with E-state index in [0.29, 0.717) is 11.3 Å². The number of aliphatic carboxylic acids is 1. The Labute approximate surface area is 92.7 Å². The first-order chi connectivity index (χ1) is 7.65. The molecule has 2 heterocycles. The van der Waals surface area contributed by atoms with E-state index in [-0.39, 0.29) is 0 Å². The van der Waals surface area contributed by atoms with Crippen molar-refractivity contribution in [2.24, 2.45) is 0 Å². The van der Waals surface area contributed by atoms with E-state index in [2.05, 4.69) is 10.2 Å². The van der Waals surface area contributed by atoms with Crippen molar-refractivity contribution in [1.82, 2.24) is 14.6 Å². The largest absolute Gasteiger partial charge is 0.481 e. The number of aromatic nitrogens is 3. The van der Waals surface area contributed by atoms with E-state index in [1.54, 1.807) is 19.1 Å². The predicted molar refractivity (Wildman–Crippen MR) is 58.4 cm³/mol. The van der Waals surface area contributed by atoms with Crippen LogP contribution in [0, 0.1) is 0 Å². The van der Waals surface area contributed by atoms with Crippen LogP contribution < -0.4 is 0 Å². The fraction of sp³-hybridized carbons (Fsp3) is 0.364. The maximum Gasteiger partial charge on any atom is 0.312 e. The lowest BCUT2D eigenvalue weighted by atomic mass is 10.1. The van der Waals surface area contributed by atoms with Gasteiger partial charge in [-0.15, -0.1) is 10.2 Å². The highest BCUT2D eigenvalue weighted by atomic mass is 16.4. The van der Waals surface area contributed by atoms with Crippen LogP contribution in [0.15, 0.2) is 18.2 Å². The van der Waals surface area contributed by atoms with Crippen molar-refractivity contribution in [2.75, 3.05) is 0 Å². The summed E-state index contributed by atoms with van der Waals surface area (Å²) >= 11 is 0. The summed E-state index contributed by atoms with van der Waals surface area (Å²) in [5.41, 5.74) is 1.41. The Hall–Kier alpha value is -1.91. The van der Waals surface area contributed by atoms with Gasteiger partial charge in [-0.2, -0.15) is 0 Å². The van der Waals surface area contributed by atoms with Gasteiger partial charge in [0.15, 0.2) is 5.65 Å². The Balaban J connectivity index is 2.68. The van der Waals surface area contributed by atoms with Gasteiger partial charge in [-0.3, -0.25) is 9.20 Å². The van der Waals surface area contributed by atoms with Gasteiger partial charge in [-0.25, -0.2) is 0 Å². The van der Waals surface area contributed by atoms with Crippen LogP contribution in [-0.4, -0.2) is 25.7 Å². The van der Waals surface area contributed by atoms with Gasteiger partial charge in [0, 0.05) is 12.1 Å². The highest BCUT2D eigenvalue weighted by molar-refractivity contribution is 5.75. The van der Waals surface area contributed by atoms with Gasteiger partial charge in [-0.1, -0.05) is 13.0 Å². The number of carboxylic acid groups (broad SMARTS) is 1. The summed E-state index contributed by atoms with van der Waals surface area (Å²) in [5.74, 6) is -0.619. The Kier molecular flexibility index (Phi) is 2.60. The molecule has 0 spiro atoms. The van der Waals surface area contributed by atoms with E-state index >= 15 is 0 Å². The molecule has 5 nitrogen and oxygen atoms in total. The van der Waals surface area contributed by atoms with Crippen LogP contribution in [0.4, 0.5) is 0 Å². The van der Waals surface area contributed by atoms with Crippen molar-refractivity contribution in [2.45, 2.75) is 26.2 Å². The maximum atomic E-state index is 11.0. The van der Waals surface area contributed by atoms with Crippen molar-refractivity contribution >= 4 is 11.6 Å². The molecule has 2 aromatic rings. The lowest BCUT2D eigenvalue weighted by molar-refractivity contribution is -0.138. The van der Waals surface area contributed by atoms with E-state index in [1.165, 1.54) is 0 Å². The highest BCUT2D eigenvalue weighted by Crippen LogP contribution is 2.18. The average Bonchev–Trinajstić information content (AvgIpc) is 2.70. The van der Waals surface area contributed by atoms with Gasteiger partial charge in [0.1, 0.15) is 5.82 Å². The zero-order valence-corrected chi connectivity index (χ0v) is 9.21. The normalized spacial score (nSPS) is 12.9. The summed E-state index contributed by atoms with van der Waals surface area (Å²) in [5, 5.41) is 17.1. The monoisotopic (exact) mass is 219 g/mol. The summed E-state index contributed by atoms with van der Waals surface area (Å²) < 4.78 is 1.82. The predicted octanol–water partition coefficient (Wildman–Crippen LogP) is 1.48. The van der Waals surface area contributed by atoms with Crippen LogP contribution in [0.1, 0.15) is 31.3 Å². The van der Waals surface area contributed by atoms with E-state index < -0.39 is 11.9 Å². The molecule has 0 amide bonds. The van der Waals surface area contributed by atoms with Gasteiger partial charge < -0.3 is 5.11 Å². The van der Waals surface area contributed by atoms with Crippen molar-refractivity contribution in [3.63, 3.8) is 0 Å². The molecule has 1 atom stereocenters. The van der Waals surface area contributed by atoms with Crippen LogP contribution in [0.25, 0.3) is 5.65 Å².